The second-order valence-corrected chi connectivity index (χ2v) is 4.00. The van der Waals surface area contributed by atoms with Gasteiger partial charge in [-0.2, -0.15) is 0 Å². The zero-order chi connectivity index (χ0) is 14.6. The smallest absolute Gasteiger partial charge is 0.314 e. The summed E-state index contributed by atoms with van der Waals surface area (Å²) in [6, 6.07) is 8.67. The number of benzene rings is 1. The van der Waals surface area contributed by atoms with Gasteiger partial charge in [-0.25, -0.2) is 4.79 Å². The lowest BCUT2D eigenvalue weighted by Gasteiger charge is -2.08. The fraction of sp³-hybridized carbons (Fsp3) is 0.429. The predicted molar refractivity (Wildman–Crippen MR) is 76.7 cm³/mol. The van der Waals surface area contributed by atoms with Crippen LogP contribution >= 0.6 is 0 Å². The molecule has 3 N–H and O–H groups in total. The van der Waals surface area contributed by atoms with Gasteiger partial charge in [0.25, 0.3) is 5.91 Å². The van der Waals surface area contributed by atoms with E-state index >= 15 is 0 Å². The minimum absolute atomic E-state index is 0.149. The maximum atomic E-state index is 11.7. The Hall–Kier alpha value is -2.08. The van der Waals surface area contributed by atoms with E-state index in [-0.39, 0.29) is 11.9 Å². The Balaban J connectivity index is 2.07. The average Bonchev–Trinajstić information content (AvgIpc) is 2.49. The van der Waals surface area contributed by atoms with Crippen LogP contribution in [0.5, 0.6) is 0 Å². The lowest BCUT2D eigenvalue weighted by atomic mass is 10.2. The van der Waals surface area contributed by atoms with Crippen molar-refractivity contribution in [3.8, 4) is 0 Å². The molecule has 1 aromatic carbocycles. The van der Waals surface area contributed by atoms with E-state index in [1.807, 2.05) is 13.0 Å². The Bertz CT molecular complexity index is 409. The van der Waals surface area contributed by atoms with Gasteiger partial charge in [0.2, 0.25) is 0 Å². The molecule has 0 aliphatic rings. The molecule has 0 saturated carbocycles. The van der Waals surface area contributed by atoms with Crippen molar-refractivity contribution >= 4 is 11.9 Å². The quantitative estimate of drug-likeness (QED) is 0.614. The number of hydrogen-bond acceptors (Lipinski definition) is 3. The van der Waals surface area contributed by atoms with E-state index in [4.69, 9.17) is 4.74 Å². The summed E-state index contributed by atoms with van der Waals surface area (Å²) in [4.78, 5) is 23.0. The zero-order valence-corrected chi connectivity index (χ0v) is 11.6. The molecule has 6 heteroatoms. The van der Waals surface area contributed by atoms with Crippen LogP contribution in [0.1, 0.15) is 17.3 Å². The van der Waals surface area contributed by atoms with Crippen molar-refractivity contribution in [2.24, 2.45) is 0 Å². The normalized spacial score (nSPS) is 9.85. The molecular formula is C14H21N3O3. The Kier molecular flexibility index (Phi) is 7.83. The van der Waals surface area contributed by atoms with Crippen LogP contribution in [0.4, 0.5) is 4.79 Å². The molecule has 0 radical (unpaired) electrons. The molecule has 0 saturated heterocycles. The Labute approximate surface area is 118 Å². The number of nitrogens with one attached hydrogen (secondary N) is 3. The maximum absolute atomic E-state index is 11.7. The average molecular weight is 279 g/mol. The van der Waals surface area contributed by atoms with Crippen LogP contribution in [0.3, 0.4) is 0 Å². The Morgan fingerprint density at radius 2 is 1.65 bits per heavy atom. The van der Waals surface area contributed by atoms with E-state index in [9.17, 15) is 9.59 Å². The highest BCUT2D eigenvalue weighted by Gasteiger charge is 2.03. The third kappa shape index (κ3) is 6.75. The van der Waals surface area contributed by atoms with Crippen LogP contribution < -0.4 is 16.0 Å². The molecule has 3 amide bonds. The Morgan fingerprint density at radius 1 is 1.00 bits per heavy atom. The molecule has 0 atom stereocenters. The zero-order valence-electron chi connectivity index (χ0n) is 11.6. The maximum Gasteiger partial charge on any atom is 0.314 e. The predicted octanol–water partition coefficient (Wildman–Crippen LogP) is 0.752. The summed E-state index contributed by atoms with van der Waals surface area (Å²) in [7, 11) is 0. The first-order chi connectivity index (χ1) is 9.74. The van der Waals surface area contributed by atoms with Crippen LogP contribution in [0.2, 0.25) is 0 Å². The fourth-order valence-electron chi connectivity index (χ4n) is 1.49. The second kappa shape index (κ2) is 9.80. The molecule has 0 aliphatic heterocycles. The molecule has 6 nitrogen and oxygen atoms in total. The van der Waals surface area contributed by atoms with Crippen LogP contribution in [-0.4, -0.2) is 44.8 Å². The highest BCUT2D eigenvalue weighted by atomic mass is 16.5. The molecular weight excluding hydrogens is 258 g/mol. The summed E-state index contributed by atoms with van der Waals surface area (Å²) in [5.41, 5.74) is 0.605. The van der Waals surface area contributed by atoms with Gasteiger partial charge in [0.05, 0.1) is 6.61 Å². The summed E-state index contributed by atoms with van der Waals surface area (Å²) in [6.45, 7) is 4.25. The lowest BCUT2D eigenvalue weighted by molar-refractivity contribution is 0.0954. The third-order valence-corrected chi connectivity index (χ3v) is 2.47. The summed E-state index contributed by atoms with van der Waals surface area (Å²) in [5, 5.41) is 8.02. The van der Waals surface area contributed by atoms with Crippen molar-refractivity contribution in [1.29, 1.82) is 0 Å². The second-order valence-electron chi connectivity index (χ2n) is 4.00. The van der Waals surface area contributed by atoms with Gasteiger partial charge in [0.1, 0.15) is 0 Å². The molecule has 0 aliphatic carbocycles. The largest absolute Gasteiger partial charge is 0.380 e. The van der Waals surface area contributed by atoms with E-state index in [1.54, 1.807) is 24.3 Å². The molecule has 20 heavy (non-hydrogen) atoms. The standard InChI is InChI=1S/C14H21N3O3/c1-2-20-11-10-17-14(19)16-9-8-15-13(18)12-6-4-3-5-7-12/h3-7H,2,8-11H2,1H3,(H,15,18)(H2,16,17,19). The minimum atomic E-state index is -0.265. The summed E-state index contributed by atoms with van der Waals surface area (Å²) >= 11 is 0. The van der Waals surface area contributed by atoms with E-state index in [1.165, 1.54) is 0 Å². The number of amides is 3. The molecule has 0 aromatic heterocycles. The minimum Gasteiger partial charge on any atom is -0.380 e. The van der Waals surface area contributed by atoms with Crippen LogP contribution in [0.15, 0.2) is 30.3 Å². The first kappa shape index (κ1) is 16.0. The number of carbonyl (C=O) groups is 2. The lowest BCUT2D eigenvalue weighted by Crippen LogP contribution is -2.41. The van der Waals surface area contributed by atoms with Crippen molar-refractivity contribution in [2.75, 3.05) is 32.8 Å². The molecule has 1 aromatic rings. The molecule has 110 valence electrons. The van der Waals surface area contributed by atoms with Crippen molar-refractivity contribution in [3.05, 3.63) is 35.9 Å². The van der Waals surface area contributed by atoms with Crippen molar-refractivity contribution in [3.63, 3.8) is 0 Å². The fourth-order valence-corrected chi connectivity index (χ4v) is 1.49. The van der Waals surface area contributed by atoms with Crippen LogP contribution in [0, 0.1) is 0 Å². The van der Waals surface area contributed by atoms with Gasteiger partial charge in [-0.1, -0.05) is 18.2 Å². The number of ether oxygens (including phenoxy) is 1. The van der Waals surface area contributed by atoms with Crippen molar-refractivity contribution < 1.29 is 14.3 Å². The molecule has 0 bridgehead atoms. The molecule has 0 spiro atoms. The van der Waals surface area contributed by atoms with Gasteiger partial charge in [0.15, 0.2) is 0 Å². The van der Waals surface area contributed by atoms with Gasteiger partial charge >= 0.3 is 6.03 Å². The van der Waals surface area contributed by atoms with E-state index in [0.29, 0.717) is 38.4 Å². The van der Waals surface area contributed by atoms with Gasteiger partial charge in [-0.05, 0) is 19.1 Å². The first-order valence-corrected chi connectivity index (χ1v) is 6.66. The van der Waals surface area contributed by atoms with Gasteiger partial charge in [-0.15, -0.1) is 0 Å². The topological polar surface area (TPSA) is 79.5 Å². The number of carbonyl (C=O) groups excluding carboxylic acids is 2. The van der Waals surface area contributed by atoms with Gasteiger partial charge in [-0.3, -0.25) is 4.79 Å². The Morgan fingerprint density at radius 3 is 2.35 bits per heavy atom. The summed E-state index contributed by atoms with van der Waals surface area (Å²) < 4.78 is 5.09. The van der Waals surface area contributed by atoms with Crippen molar-refractivity contribution in [1.82, 2.24) is 16.0 Å². The molecule has 1 rings (SSSR count). The highest BCUT2D eigenvalue weighted by Crippen LogP contribution is 1.96. The van der Waals surface area contributed by atoms with E-state index in [2.05, 4.69) is 16.0 Å². The van der Waals surface area contributed by atoms with Crippen LogP contribution in [-0.2, 0) is 4.74 Å². The molecule has 0 fully saturated rings. The number of rotatable bonds is 8. The van der Waals surface area contributed by atoms with Gasteiger partial charge in [0, 0.05) is 31.8 Å². The first-order valence-electron chi connectivity index (χ1n) is 6.66. The van der Waals surface area contributed by atoms with Gasteiger partial charge < -0.3 is 20.7 Å². The SMILES string of the molecule is CCOCCNC(=O)NCCNC(=O)c1ccccc1. The summed E-state index contributed by atoms with van der Waals surface area (Å²) in [5.74, 6) is -0.149. The highest BCUT2D eigenvalue weighted by molar-refractivity contribution is 5.94. The number of hydrogen-bond donors (Lipinski definition) is 3. The molecule has 0 unspecified atom stereocenters. The van der Waals surface area contributed by atoms with Crippen molar-refractivity contribution in [2.45, 2.75) is 6.92 Å². The molecule has 0 heterocycles. The monoisotopic (exact) mass is 279 g/mol. The van der Waals surface area contributed by atoms with E-state index in [0.717, 1.165) is 0 Å². The van der Waals surface area contributed by atoms with E-state index < -0.39 is 0 Å². The van der Waals surface area contributed by atoms with Crippen LogP contribution in [0.25, 0.3) is 0 Å². The summed E-state index contributed by atoms with van der Waals surface area (Å²) in [6.07, 6.45) is 0. The third-order valence-electron chi connectivity index (χ3n) is 2.47. The number of urea groups is 1.